The van der Waals surface area contributed by atoms with Crippen molar-refractivity contribution in [3.8, 4) is 11.5 Å². The standard InChI is InChI=1S/C22H26N4O3/c1-23-22(25-13-16-8-9-19-20(11-16)29-14-28-19)24-12-15-4-2-7-18(10-15)26-21(27)17-5-3-6-17/h2,4,7-11,17H,3,5-6,12-14H2,1H3,(H,26,27)(H2,23,24,25). The van der Waals surface area contributed by atoms with E-state index in [0.717, 1.165) is 47.6 Å². The fourth-order valence-corrected chi connectivity index (χ4v) is 3.32. The number of fused-ring (bicyclic) bond motifs is 1. The third-order valence-electron chi connectivity index (χ3n) is 5.25. The topological polar surface area (TPSA) is 84.0 Å². The maximum absolute atomic E-state index is 12.1. The Hall–Kier alpha value is -3.22. The van der Waals surface area contributed by atoms with Gasteiger partial charge in [-0.2, -0.15) is 0 Å². The number of nitrogens with zero attached hydrogens (tertiary/aromatic N) is 1. The van der Waals surface area contributed by atoms with E-state index in [2.05, 4.69) is 20.9 Å². The average molecular weight is 394 g/mol. The van der Waals surface area contributed by atoms with Gasteiger partial charge < -0.3 is 25.4 Å². The quantitative estimate of drug-likeness (QED) is 0.518. The van der Waals surface area contributed by atoms with E-state index in [4.69, 9.17) is 9.47 Å². The summed E-state index contributed by atoms with van der Waals surface area (Å²) in [5, 5.41) is 9.62. The molecule has 1 aliphatic heterocycles. The van der Waals surface area contributed by atoms with Gasteiger partial charge in [0.15, 0.2) is 17.5 Å². The van der Waals surface area contributed by atoms with Crippen LogP contribution in [0.2, 0.25) is 0 Å². The third kappa shape index (κ3) is 4.80. The van der Waals surface area contributed by atoms with Gasteiger partial charge in [0.05, 0.1) is 0 Å². The van der Waals surface area contributed by atoms with Gasteiger partial charge in [0.1, 0.15) is 0 Å². The number of carbonyl (C=O) groups excluding carboxylic acids is 1. The number of ether oxygens (including phenoxy) is 2. The molecule has 0 bridgehead atoms. The molecule has 29 heavy (non-hydrogen) atoms. The fourth-order valence-electron chi connectivity index (χ4n) is 3.32. The molecular weight excluding hydrogens is 368 g/mol. The molecule has 0 radical (unpaired) electrons. The average Bonchev–Trinajstić information content (AvgIpc) is 3.15. The highest BCUT2D eigenvalue weighted by Crippen LogP contribution is 2.32. The number of carbonyl (C=O) groups is 1. The molecule has 4 rings (SSSR count). The van der Waals surface area contributed by atoms with Crippen LogP contribution >= 0.6 is 0 Å². The summed E-state index contributed by atoms with van der Waals surface area (Å²) in [5.41, 5.74) is 2.99. The number of hydrogen-bond donors (Lipinski definition) is 3. The summed E-state index contributed by atoms with van der Waals surface area (Å²) in [6.45, 7) is 1.50. The Labute approximate surface area is 170 Å². The number of guanidine groups is 1. The minimum atomic E-state index is 0.127. The van der Waals surface area contributed by atoms with Crippen molar-refractivity contribution in [1.29, 1.82) is 0 Å². The van der Waals surface area contributed by atoms with Crippen molar-refractivity contribution in [2.75, 3.05) is 19.2 Å². The molecule has 0 unspecified atom stereocenters. The lowest BCUT2D eigenvalue weighted by atomic mass is 9.85. The molecule has 152 valence electrons. The first-order valence-electron chi connectivity index (χ1n) is 9.94. The molecular formula is C22H26N4O3. The zero-order chi connectivity index (χ0) is 20.1. The van der Waals surface area contributed by atoms with Crippen LogP contribution in [0.3, 0.4) is 0 Å². The third-order valence-corrected chi connectivity index (χ3v) is 5.25. The molecule has 1 aliphatic carbocycles. The van der Waals surface area contributed by atoms with E-state index in [-0.39, 0.29) is 18.6 Å². The monoisotopic (exact) mass is 394 g/mol. The lowest BCUT2D eigenvalue weighted by molar-refractivity contribution is -0.122. The van der Waals surface area contributed by atoms with Gasteiger partial charge in [0.2, 0.25) is 12.7 Å². The predicted octanol–water partition coefficient (Wildman–Crippen LogP) is 3.02. The van der Waals surface area contributed by atoms with Gasteiger partial charge >= 0.3 is 0 Å². The molecule has 7 heteroatoms. The molecule has 1 saturated carbocycles. The molecule has 1 amide bonds. The Bertz CT molecular complexity index is 909. The summed E-state index contributed by atoms with van der Waals surface area (Å²) in [7, 11) is 1.74. The second kappa shape index (κ2) is 8.86. The van der Waals surface area contributed by atoms with Gasteiger partial charge in [0, 0.05) is 31.7 Å². The first kappa shape index (κ1) is 19.1. The molecule has 1 heterocycles. The van der Waals surface area contributed by atoms with E-state index in [0.29, 0.717) is 19.0 Å². The van der Waals surface area contributed by atoms with Crippen LogP contribution in [0.15, 0.2) is 47.5 Å². The van der Waals surface area contributed by atoms with E-state index in [1.165, 1.54) is 0 Å². The van der Waals surface area contributed by atoms with Gasteiger partial charge in [-0.1, -0.05) is 24.6 Å². The highest BCUT2D eigenvalue weighted by molar-refractivity contribution is 5.93. The Kier molecular flexibility index (Phi) is 5.84. The Morgan fingerprint density at radius 1 is 1.03 bits per heavy atom. The predicted molar refractivity (Wildman–Crippen MR) is 112 cm³/mol. The SMILES string of the molecule is CN=C(NCc1cccc(NC(=O)C2CCC2)c1)NCc1ccc2c(c1)OCO2. The summed E-state index contributed by atoms with van der Waals surface area (Å²) in [6.07, 6.45) is 3.15. The minimum Gasteiger partial charge on any atom is -0.454 e. The van der Waals surface area contributed by atoms with Gasteiger partial charge in [-0.3, -0.25) is 9.79 Å². The molecule has 1 fully saturated rings. The normalized spacial score (nSPS) is 15.6. The second-order valence-corrected chi connectivity index (χ2v) is 7.28. The fraction of sp³-hybridized carbons (Fsp3) is 0.364. The molecule has 0 atom stereocenters. The van der Waals surface area contributed by atoms with E-state index >= 15 is 0 Å². The first-order valence-corrected chi connectivity index (χ1v) is 9.94. The lowest BCUT2D eigenvalue weighted by Crippen LogP contribution is -2.36. The zero-order valence-corrected chi connectivity index (χ0v) is 16.5. The number of amides is 1. The summed E-state index contributed by atoms with van der Waals surface area (Å²) in [4.78, 5) is 16.4. The Morgan fingerprint density at radius 2 is 1.79 bits per heavy atom. The van der Waals surface area contributed by atoms with Crippen LogP contribution < -0.4 is 25.4 Å². The lowest BCUT2D eigenvalue weighted by Gasteiger charge is -2.24. The highest BCUT2D eigenvalue weighted by atomic mass is 16.7. The molecule has 2 aliphatic rings. The maximum Gasteiger partial charge on any atom is 0.231 e. The van der Waals surface area contributed by atoms with Crippen molar-refractivity contribution in [1.82, 2.24) is 10.6 Å². The van der Waals surface area contributed by atoms with Crippen molar-refractivity contribution in [3.63, 3.8) is 0 Å². The Balaban J connectivity index is 1.28. The number of nitrogens with one attached hydrogen (secondary N) is 3. The summed E-state index contributed by atoms with van der Waals surface area (Å²) in [6, 6.07) is 13.8. The first-order chi connectivity index (χ1) is 14.2. The molecule has 0 spiro atoms. The molecule has 7 nitrogen and oxygen atoms in total. The number of anilines is 1. The number of rotatable bonds is 6. The molecule has 3 N–H and O–H groups in total. The minimum absolute atomic E-state index is 0.127. The molecule has 2 aromatic rings. The van der Waals surface area contributed by atoms with E-state index in [1.807, 2.05) is 42.5 Å². The number of aliphatic imine (C=N–C) groups is 1. The molecule has 0 saturated heterocycles. The van der Waals surface area contributed by atoms with Crippen molar-refractivity contribution >= 4 is 17.6 Å². The van der Waals surface area contributed by atoms with E-state index in [1.54, 1.807) is 7.05 Å². The smallest absolute Gasteiger partial charge is 0.231 e. The van der Waals surface area contributed by atoms with Crippen LogP contribution in [0.1, 0.15) is 30.4 Å². The van der Waals surface area contributed by atoms with Crippen molar-refractivity contribution in [2.45, 2.75) is 32.4 Å². The largest absolute Gasteiger partial charge is 0.454 e. The van der Waals surface area contributed by atoms with Crippen molar-refractivity contribution in [2.24, 2.45) is 10.9 Å². The molecule has 2 aromatic carbocycles. The van der Waals surface area contributed by atoms with Crippen LogP contribution in [0.4, 0.5) is 5.69 Å². The highest BCUT2D eigenvalue weighted by Gasteiger charge is 2.25. The second-order valence-electron chi connectivity index (χ2n) is 7.28. The summed E-state index contributed by atoms with van der Waals surface area (Å²) >= 11 is 0. The number of hydrogen-bond acceptors (Lipinski definition) is 4. The van der Waals surface area contributed by atoms with Crippen LogP contribution in [0, 0.1) is 5.92 Å². The maximum atomic E-state index is 12.1. The van der Waals surface area contributed by atoms with Crippen molar-refractivity contribution in [3.05, 3.63) is 53.6 Å². The van der Waals surface area contributed by atoms with Crippen LogP contribution in [0.5, 0.6) is 11.5 Å². The van der Waals surface area contributed by atoms with Gasteiger partial charge in [-0.15, -0.1) is 0 Å². The van der Waals surface area contributed by atoms with Crippen LogP contribution in [0.25, 0.3) is 0 Å². The van der Waals surface area contributed by atoms with E-state index in [9.17, 15) is 4.79 Å². The molecule has 0 aromatic heterocycles. The van der Waals surface area contributed by atoms with E-state index < -0.39 is 0 Å². The van der Waals surface area contributed by atoms with Crippen LogP contribution in [-0.4, -0.2) is 25.7 Å². The zero-order valence-electron chi connectivity index (χ0n) is 16.5. The van der Waals surface area contributed by atoms with Crippen molar-refractivity contribution < 1.29 is 14.3 Å². The van der Waals surface area contributed by atoms with Gasteiger partial charge in [-0.05, 0) is 48.2 Å². The van der Waals surface area contributed by atoms with Gasteiger partial charge in [0.25, 0.3) is 0 Å². The summed E-state index contributed by atoms with van der Waals surface area (Å²) < 4.78 is 10.8. The Morgan fingerprint density at radius 3 is 2.52 bits per heavy atom. The summed E-state index contributed by atoms with van der Waals surface area (Å²) in [5.74, 6) is 2.55. The number of benzene rings is 2. The van der Waals surface area contributed by atoms with Crippen LogP contribution in [-0.2, 0) is 17.9 Å². The van der Waals surface area contributed by atoms with Gasteiger partial charge in [-0.25, -0.2) is 0 Å².